The Hall–Kier alpha value is -3.42. The Morgan fingerprint density at radius 2 is 1.49 bits per heavy atom. The molecule has 7 N–H and O–H groups in total. The minimum absolute atomic E-state index is 0.0503. The summed E-state index contributed by atoms with van der Waals surface area (Å²) in [6.07, 6.45) is 4.07. The zero-order valence-electron chi connectivity index (χ0n) is 22.0. The van der Waals surface area contributed by atoms with E-state index in [2.05, 4.69) is 30.7 Å². The number of carbonyl (C=O) groups is 6. The van der Waals surface area contributed by atoms with Gasteiger partial charge in [-0.05, 0) is 32.6 Å². The molecule has 0 aromatic rings. The highest BCUT2D eigenvalue weighted by Gasteiger charge is 2.26. The maximum Gasteiger partial charge on any atom is 0.328 e. The van der Waals surface area contributed by atoms with Gasteiger partial charge in [0.25, 0.3) is 0 Å². The SMILES string of the molecule is CCCCCCC(=O)NC(CNC(=O)N[C@@H](CCCC(N)C(=O)OC)C(=O)N[C@@H](C)C(=O)OC)C(=O)O. The van der Waals surface area contributed by atoms with Gasteiger partial charge in [0.2, 0.25) is 11.8 Å². The van der Waals surface area contributed by atoms with Crippen LogP contribution in [-0.4, -0.2) is 85.8 Å². The van der Waals surface area contributed by atoms with Gasteiger partial charge in [-0.15, -0.1) is 0 Å². The normalized spacial score (nSPS) is 13.8. The molecule has 0 aromatic carbocycles. The first-order valence-corrected chi connectivity index (χ1v) is 12.2. The topological polar surface area (TPSA) is 215 Å². The van der Waals surface area contributed by atoms with Crippen molar-refractivity contribution in [1.29, 1.82) is 0 Å². The number of urea groups is 1. The fraction of sp³-hybridized carbons (Fsp3) is 0.739. The molecule has 0 heterocycles. The summed E-state index contributed by atoms with van der Waals surface area (Å²) < 4.78 is 9.12. The van der Waals surface area contributed by atoms with Gasteiger partial charge in [0.05, 0.1) is 20.8 Å². The third kappa shape index (κ3) is 14.7. The highest BCUT2D eigenvalue weighted by Crippen LogP contribution is 2.06. The maximum absolute atomic E-state index is 12.7. The lowest BCUT2D eigenvalue weighted by Crippen LogP contribution is -2.55. The summed E-state index contributed by atoms with van der Waals surface area (Å²) in [5.41, 5.74) is 5.70. The Kier molecular flexibility index (Phi) is 17.1. The zero-order valence-corrected chi connectivity index (χ0v) is 22.0. The van der Waals surface area contributed by atoms with E-state index in [1.807, 2.05) is 6.92 Å². The lowest BCUT2D eigenvalue weighted by Gasteiger charge is -2.22. The summed E-state index contributed by atoms with van der Waals surface area (Å²) in [6.45, 7) is 3.00. The molecule has 0 saturated heterocycles. The van der Waals surface area contributed by atoms with Gasteiger partial charge in [0.15, 0.2) is 0 Å². The second-order valence-electron chi connectivity index (χ2n) is 8.49. The summed E-state index contributed by atoms with van der Waals surface area (Å²) in [5.74, 6) is -3.80. The van der Waals surface area contributed by atoms with E-state index in [-0.39, 0.29) is 25.7 Å². The molecular formula is C23H41N5O9. The Bertz CT molecular complexity index is 778. The number of carbonyl (C=O) groups excluding carboxylic acids is 5. The largest absolute Gasteiger partial charge is 0.480 e. The molecule has 0 aliphatic carbocycles. The molecule has 14 heteroatoms. The van der Waals surface area contributed by atoms with Crippen molar-refractivity contribution in [2.24, 2.45) is 5.73 Å². The number of esters is 2. The van der Waals surface area contributed by atoms with Crippen LogP contribution < -0.4 is 27.0 Å². The molecule has 0 aromatic heterocycles. The van der Waals surface area contributed by atoms with Gasteiger partial charge in [0.1, 0.15) is 24.2 Å². The third-order valence-electron chi connectivity index (χ3n) is 5.40. The van der Waals surface area contributed by atoms with E-state index in [1.165, 1.54) is 14.0 Å². The fourth-order valence-electron chi connectivity index (χ4n) is 3.21. The van der Waals surface area contributed by atoms with E-state index in [4.69, 9.17) is 5.73 Å². The summed E-state index contributed by atoms with van der Waals surface area (Å²) in [5, 5.41) is 18.9. The van der Waals surface area contributed by atoms with Crippen molar-refractivity contribution in [2.75, 3.05) is 20.8 Å². The van der Waals surface area contributed by atoms with Crippen LogP contribution in [-0.2, 0) is 33.4 Å². The number of hydrogen-bond acceptors (Lipinski definition) is 9. The number of nitrogens with one attached hydrogen (secondary N) is 4. The molecule has 14 nitrogen and oxygen atoms in total. The zero-order chi connectivity index (χ0) is 28.4. The van der Waals surface area contributed by atoms with Gasteiger partial charge in [-0.3, -0.25) is 14.4 Å². The van der Waals surface area contributed by atoms with Gasteiger partial charge in [-0.25, -0.2) is 14.4 Å². The smallest absolute Gasteiger partial charge is 0.328 e. The molecule has 0 aliphatic rings. The van der Waals surface area contributed by atoms with Crippen LogP contribution in [0.4, 0.5) is 4.79 Å². The van der Waals surface area contributed by atoms with Crippen LogP contribution in [0.5, 0.6) is 0 Å². The Balaban J connectivity index is 5.05. The molecule has 2 unspecified atom stereocenters. The van der Waals surface area contributed by atoms with E-state index in [0.717, 1.165) is 26.4 Å². The Labute approximate surface area is 216 Å². The molecular weight excluding hydrogens is 490 g/mol. The first-order chi connectivity index (χ1) is 17.5. The molecule has 0 saturated carbocycles. The monoisotopic (exact) mass is 531 g/mol. The average Bonchev–Trinajstić information content (AvgIpc) is 2.86. The van der Waals surface area contributed by atoms with Gasteiger partial charge < -0.3 is 41.6 Å². The first-order valence-electron chi connectivity index (χ1n) is 12.2. The standard InChI is InChI=1S/C23H41N5O9/c1-5-6-7-8-12-18(29)27-17(20(31)32)13-25-23(35)28-16(11-9-10-15(24)22(34)37-4)19(30)26-14(2)21(33)36-3/h14-17H,5-13,24H2,1-4H3,(H,26,30)(H,27,29)(H,31,32)(H2,25,28,35)/t14-,15?,16-,17?/m0/s1. The second kappa shape index (κ2) is 18.8. The summed E-state index contributed by atoms with van der Waals surface area (Å²) >= 11 is 0. The van der Waals surface area contributed by atoms with Crippen molar-refractivity contribution in [3.63, 3.8) is 0 Å². The Morgan fingerprint density at radius 3 is 2.05 bits per heavy atom. The molecule has 0 radical (unpaired) electrons. The molecule has 0 spiro atoms. The minimum Gasteiger partial charge on any atom is -0.480 e. The van der Waals surface area contributed by atoms with E-state index in [1.54, 1.807) is 0 Å². The van der Waals surface area contributed by atoms with E-state index < -0.39 is 66.5 Å². The minimum atomic E-state index is -1.37. The summed E-state index contributed by atoms with van der Waals surface area (Å²) in [7, 11) is 2.35. The predicted molar refractivity (Wildman–Crippen MR) is 132 cm³/mol. The highest BCUT2D eigenvalue weighted by atomic mass is 16.5. The molecule has 4 atom stereocenters. The number of amides is 4. The van der Waals surface area contributed by atoms with Crippen molar-refractivity contribution < 1.29 is 43.3 Å². The number of methoxy groups -OCH3 is 2. The Morgan fingerprint density at radius 1 is 0.838 bits per heavy atom. The number of nitrogens with two attached hydrogens (primary N) is 1. The molecule has 0 bridgehead atoms. The third-order valence-corrected chi connectivity index (χ3v) is 5.40. The fourth-order valence-corrected chi connectivity index (χ4v) is 3.21. The van der Waals surface area contributed by atoms with Crippen molar-refractivity contribution in [3.05, 3.63) is 0 Å². The van der Waals surface area contributed by atoms with E-state index in [9.17, 15) is 33.9 Å². The maximum atomic E-state index is 12.7. The predicted octanol–water partition coefficient (Wildman–Crippen LogP) is -0.458. The number of hydrogen-bond donors (Lipinski definition) is 6. The van der Waals surface area contributed by atoms with Crippen molar-refractivity contribution >= 4 is 35.8 Å². The lowest BCUT2D eigenvalue weighted by molar-refractivity contribution is -0.145. The number of aliphatic carboxylic acids is 1. The molecule has 37 heavy (non-hydrogen) atoms. The number of carboxylic acid groups (broad SMARTS) is 1. The first kappa shape index (κ1) is 33.6. The summed E-state index contributed by atoms with van der Waals surface area (Å²) in [6, 6.07) is -5.29. The van der Waals surface area contributed by atoms with Gasteiger partial charge >= 0.3 is 23.9 Å². The van der Waals surface area contributed by atoms with Crippen LogP contribution in [0.25, 0.3) is 0 Å². The van der Waals surface area contributed by atoms with Crippen LogP contribution in [0.3, 0.4) is 0 Å². The molecule has 4 amide bonds. The average molecular weight is 532 g/mol. The quantitative estimate of drug-likeness (QED) is 0.0988. The van der Waals surface area contributed by atoms with E-state index >= 15 is 0 Å². The number of carboxylic acids is 1. The van der Waals surface area contributed by atoms with Crippen LogP contribution in [0.15, 0.2) is 0 Å². The van der Waals surface area contributed by atoms with Gasteiger partial charge in [-0.2, -0.15) is 0 Å². The van der Waals surface area contributed by atoms with Crippen molar-refractivity contribution in [3.8, 4) is 0 Å². The highest BCUT2D eigenvalue weighted by molar-refractivity contribution is 5.90. The molecule has 0 aliphatic heterocycles. The number of unbranched alkanes of at least 4 members (excludes halogenated alkanes) is 3. The van der Waals surface area contributed by atoms with Crippen LogP contribution in [0, 0.1) is 0 Å². The molecule has 0 fully saturated rings. The lowest BCUT2D eigenvalue weighted by atomic mass is 10.0. The number of rotatable bonds is 18. The number of ether oxygens (including phenoxy) is 2. The van der Waals surface area contributed by atoms with Crippen LogP contribution >= 0.6 is 0 Å². The van der Waals surface area contributed by atoms with Crippen molar-refractivity contribution in [2.45, 2.75) is 89.4 Å². The second-order valence-corrected chi connectivity index (χ2v) is 8.49. The molecule has 212 valence electrons. The van der Waals surface area contributed by atoms with Gasteiger partial charge in [-0.1, -0.05) is 26.2 Å². The van der Waals surface area contributed by atoms with Gasteiger partial charge in [0, 0.05) is 6.42 Å². The van der Waals surface area contributed by atoms with E-state index in [0.29, 0.717) is 6.42 Å². The van der Waals surface area contributed by atoms with Crippen LogP contribution in [0.1, 0.15) is 65.2 Å². The van der Waals surface area contributed by atoms with Crippen LogP contribution in [0.2, 0.25) is 0 Å². The summed E-state index contributed by atoms with van der Waals surface area (Å²) in [4.78, 5) is 71.8. The molecule has 0 rings (SSSR count). The van der Waals surface area contributed by atoms with Crippen molar-refractivity contribution in [1.82, 2.24) is 21.3 Å².